The van der Waals surface area contributed by atoms with Gasteiger partial charge in [0.2, 0.25) is 0 Å². The molecule has 1 N–H and O–H groups in total. The van der Waals surface area contributed by atoms with Crippen LogP contribution in [0.25, 0.3) is 6.08 Å². The van der Waals surface area contributed by atoms with Crippen LogP contribution in [-0.2, 0) is 4.79 Å². The molecule has 0 aromatic carbocycles. The van der Waals surface area contributed by atoms with Crippen LogP contribution in [0.4, 0.5) is 0 Å². The summed E-state index contributed by atoms with van der Waals surface area (Å²) < 4.78 is 0. The summed E-state index contributed by atoms with van der Waals surface area (Å²) in [6.07, 6.45) is 7.50. The van der Waals surface area contributed by atoms with Crippen LogP contribution in [0.15, 0.2) is 24.5 Å². The van der Waals surface area contributed by atoms with Crippen LogP contribution in [0.1, 0.15) is 35.7 Å². The molecule has 1 aliphatic heterocycles. The molecule has 2 heterocycles. The van der Waals surface area contributed by atoms with E-state index in [1.54, 1.807) is 12.3 Å². The van der Waals surface area contributed by atoms with Gasteiger partial charge in [-0.05, 0) is 31.9 Å². The third-order valence-corrected chi connectivity index (χ3v) is 3.30. The lowest BCUT2D eigenvalue weighted by molar-refractivity contribution is -0.131. The molecule has 1 amide bonds. The molecule has 1 aromatic rings. The van der Waals surface area contributed by atoms with Gasteiger partial charge in [0.05, 0.1) is 0 Å². The van der Waals surface area contributed by atoms with E-state index in [-0.39, 0.29) is 11.9 Å². The van der Waals surface area contributed by atoms with Crippen LogP contribution >= 0.6 is 0 Å². The summed E-state index contributed by atoms with van der Waals surface area (Å²) in [5.41, 5.74) is 1.04. The number of aromatic nitrogens is 1. The lowest BCUT2D eigenvalue weighted by atomic mass is 10.1. The first-order chi connectivity index (χ1) is 9.09. The van der Waals surface area contributed by atoms with E-state index in [1.807, 2.05) is 11.8 Å². The summed E-state index contributed by atoms with van der Waals surface area (Å²) in [5, 5.41) is 8.66. The number of pyridine rings is 1. The molecule has 0 saturated carbocycles. The van der Waals surface area contributed by atoms with Gasteiger partial charge < -0.3 is 10.0 Å². The smallest absolute Gasteiger partial charge is 0.328 e. The minimum Gasteiger partial charge on any atom is -0.478 e. The highest BCUT2D eigenvalue weighted by Gasteiger charge is 2.26. The quantitative estimate of drug-likeness (QED) is 0.841. The zero-order valence-corrected chi connectivity index (χ0v) is 10.7. The van der Waals surface area contributed by atoms with Crippen molar-refractivity contribution in [2.75, 3.05) is 6.54 Å². The Bertz CT molecular complexity index is 525. The van der Waals surface area contributed by atoms with Gasteiger partial charge in [-0.3, -0.25) is 9.78 Å². The van der Waals surface area contributed by atoms with Crippen molar-refractivity contribution in [1.29, 1.82) is 0 Å². The molecular weight excluding hydrogens is 244 g/mol. The first-order valence-corrected chi connectivity index (χ1v) is 6.25. The fourth-order valence-electron chi connectivity index (χ4n) is 2.29. The number of aliphatic carboxylic acids is 1. The van der Waals surface area contributed by atoms with Gasteiger partial charge >= 0.3 is 5.97 Å². The van der Waals surface area contributed by atoms with Crippen molar-refractivity contribution in [3.8, 4) is 0 Å². The summed E-state index contributed by atoms with van der Waals surface area (Å²) in [6.45, 7) is 2.78. The van der Waals surface area contributed by atoms with Crippen molar-refractivity contribution in [2.45, 2.75) is 25.8 Å². The average Bonchev–Trinajstić information content (AvgIpc) is 2.82. The van der Waals surface area contributed by atoms with Crippen LogP contribution in [0.2, 0.25) is 0 Å². The van der Waals surface area contributed by atoms with Crippen LogP contribution in [0.5, 0.6) is 0 Å². The van der Waals surface area contributed by atoms with E-state index in [2.05, 4.69) is 4.98 Å². The molecule has 1 aromatic heterocycles. The summed E-state index contributed by atoms with van der Waals surface area (Å²) in [5.74, 6) is -1.10. The summed E-state index contributed by atoms with van der Waals surface area (Å²) in [6, 6.07) is 1.87. The topological polar surface area (TPSA) is 70.5 Å². The molecule has 5 nitrogen and oxygen atoms in total. The predicted octanol–water partition coefficient (Wildman–Crippen LogP) is 1.80. The fourth-order valence-corrected chi connectivity index (χ4v) is 2.29. The van der Waals surface area contributed by atoms with E-state index in [9.17, 15) is 9.59 Å². The maximum atomic E-state index is 12.4. The maximum absolute atomic E-state index is 12.4. The molecule has 2 rings (SSSR count). The normalized spacial score (nSPS) is 19.0. The molecule has 5 heteroatoms. The van der Waals surface area contributed by atoms with Crippen LogP contribution in [0.3, 0.4) is 0 Å². The first-order valence-electron chi connectivity index (χ1n) is 6.25. The van der Waals surface area contributed by atoms with Crippen LogP contribution in [0, 0.1) is 0 Å². The van der Waals surface area contributed by atoms with Gasteiger partial charge in [0, 0.05) is 42.2 Å². The zero-order valence-electron chi connectivity index (χ0n) is 10.7. The lowest BCUT2D eigenvalue weighted by Crippen LogP contribution is -2.34. The molecule has 1 unspecified atom stereocenters. The highest BCUT2D eigenvalue weighted by Crippen LogP contribution is 2.21. The molecule has 0 spiro atoms. The Morgan fingerprint density at radius 2 is 2.32 bits per heavy atom. The minimum atomic E-state index is -1.04. The number of rotatable bonds is 3. The number of hydrogen-bond donors (Lipinski definition) is 1. The van der Waals surface area contributed by atoms with E-state index < -0.39 is 5.97 Å². The highest BCUT2D eigenvalue weighted by atomic mass is 16.4. The van der Waals surface area contributed by atoms with Crippen molar-refractivity contribution >= 4 is 18.0 Å². The van der Waals surface area contributed by atoms with Crippen molar-refractivity contribution in [3.63, 3.8) is 0 Å². The van der Waals surface area contributed by atoms with Crippen LogP contribution < -0.4 is 0 Å². The van der Waals surface area contributed by atoms with E-state index in [0.29, 0.717) is 11.1 Å². The monoisotopic (exact) mass is 260 g/mol. The van der Waals surface area contributed by atoms with Crippen LogP contribution in [-0.4, -0.2) is 39.5 Å². The van der Waals surface area contributed by atoms with Crippen molar-refractivity contribution in [1.82, 2.24) is 9.88 Å². The molecule has 0 radical (unpaired) electrons. The number of carboxylic acids is 1. The number of amides is 1. The fraction of sp³-hybridized carbons (Fsp3) is 0.357. The molecule has 0 bridgehead atoms. The third-order valence-electron chi connectivity index (χ3n) is 3.30. The molecule has 1 saturated heterocycles. The number of carbonyl (C=O) groups excluding carboxylic acids is 1. The van der Waals surface area contributed by atoms with Crippen molar-refractivity contribution in [2.24, 2.45) is 0 Å². The Kier molecular flexibility index (Phi) is 3.94. The second-order valence-corrected chi connectivity index (χ2v) is 4.62. The Balaban J connectivity index is 2.29. The van der Waals surface area contributed by atoms with Gasteiger partial charge in [-0.15, -0.1) is 0 Å². The molecule has 19 heavy (non-hydrogen) atoms. The molecule has 0 aliphatic carbocycles. The van der Waals surface area contributed by atoms with Gasteiger partial charge in [0.25, 0.3) is 5.91 Å². The predicted molar refractivity (Wildman–Crippen MR) is 70.6 cm³/mol. The third kappa shape index (κ3) is 2.99. The number of hydrogen-bond acceptors (Lipinski definition) is 3. The van der Waals surface area contributed by atoms with Gasteiger partial charge in [-0.2, -0.15) is 0 Å². The maximum Gasteiger partial charge on any atom is 0.328 e. The number of nitrogens with zero attached hydrogens (tertiary/aromatic N) is 2. The van der Waals surface area contributed by atoms with Crippen molar-refractivity contribution in [3.05, 3.63) is 35.7 Å². The molecule has 1 fully saturated rings. The van der Waals surface area contributed by atoms with E-state index in [1.165, 1.54) is 12.3 Å². The highest BCUT2D eigenvalue weighted by molar-refractivity contribution is 5.99. The van der Waals surface area contributed by atoms with Gasteiger partial charge in [0.15, 0.2) is 0 Å². The first kappa shape index (κ1) is 13.3. The van der Waals surface area contributed by atoms with Gasteiger partial charge in [-0.1, -0.05) is 0 Å². The summed E-state index contributed by atoms with van der Waals surface area (Å²) in [7, 11) is 0. The Labute approximate surface area is 111 Å². The Morgan fingerprint density at radius 3 is 2.95 bits per heavy atom. The molecule has 1 aliphatic rings. The van der Waals surface area contributed by atoms with Crippen molar-refractivity contribution < 1.29 is 14.7 Å². The lowest BCUT2D eigenvalue weighted by Gasteiger charge is -2.22. The number of carboxylic acid groups (broad SMARTS) is 1. The van der Waals surface area contributed by atoms with E-state index in [0.717, 1.165) is 25.5 Å². The number of likely N-dealkylation sites (tertiary alicyclic amines) is 1. The summed E-state index contributed by atoms with van der Waals surface area (Å²) in [4.78, 5) is 28.8. The number of carbonyl (C=O) groups is 2. The average molecular weight is 260 g/mol. The molecular formula is C14H16N2O3. The molecule has 100 valence electrons. The van der Waals surface area contributed by atoms with E-state index >= 15 is 0 Å². The van der Waals surface area contributed by atoms with Gasteiger partial charge in [-0.25, -0.2) is 4.79 Å². The van der Waals surface area contributed by atoms with E-state index in [4.69, 9.17) is 5.11 Å². The Hall–Kier alpha value is -2.17. The minimum absolute atomic E-state index is 0.0579. The second kappa shape index (κ2) is 5.65. The standard InChI is InChI=1S/C14H16N2O3/c1-10-3-2-8-16(10)14(19)12-6-7-15-9-11(12)4-5-13(17)18/h4-7,9-10H,2-3,8H2,1H3,(H,17,18). The largest absolute Gasteiger partial charge is 0.478 e. The Morgan fingerprint density at radius 1 is 1.53 bits per heavy atom. The zero-order chi connectivity index (χ0) is 13.8. The SMILES string of the molecule is CC1CCCN1C(=O)c1ccncc1C=CC(=O)O. The summed E-state index contributed by atoms with van der Waals surface area (Å²) >= 11 is 0. The molecule has 1 atom stereocenters. The second-order valence-electron chi connectivity index (χ2n) is 4.62. The van der Waals surface area contributed by atoms with Gasteiger partial charge in [0.1, 0.15) is 0 Å².